The Kier molecular flexibility index (Phi) is 20.2. The predicted molar refractivity (Wildman–Crippen MR) is 460 cm³/mol. The lowest BCUT2D eigenvalue weighted by Crippen LogP contribution is -2.07. The Morgan fingerprint density at radius 1 is 0.407 bits per heavy atom. The first-order chi connectivity index (χ1) is 55.3. The van der Waals surface area contributed by atoms with Crippen molar-refractivity contribution in [3.63, 3.8) is 0 Å². The summed E-state index contributed by atoms with van der Waals surface area (Å²) in [7, 11) is 1.43. The van der Waals surface area contributed by atoms with Gasteiger partial charge in [0.05, 0.1) is 18.2 Å². The highest BCUT2D eigenvalue weighted by Gasteiger charge is 2.40. The Hall–Kier alpha value is -13.1. The molecule has 1 saturated carbocycles. The number of aryl methyl sites for hydroxylation is 1. The molecule has 113 heavy (non-hydrogen) atoms. The molecule has 4 unspecified atom stereocenters. The molecule has 10 aromatic carbocycles. The molecule has 4 atom stereocenters. The number of H-pyrrole nitrogens is 5. The molecule has 0 amide bonds. The normalized spacial score (nSPS) is 15.0. The number of aromatic nitrogens is 5. The number of para-hydroxylation sites is 4. The van der Waals surface area contributed by atoms with Gasteiger partial charge in [0.2, 0.25) is 0 Å². The standard InChI is InChI=1S/C22H19NO.C21H19NO2.C21H19NO.C20H17NO2.C18H15N/c24-13-19-17-7-3-4-8-20(17)23-22(19)21(15-9-10-15)18-12-11-14-5-1-2-6-16(14)18;1-13(15-12-11-14-7-3-4-8-16(14)15)20-19(21(23)24-2)17-9-5-6-10-18(17)22-20;1-13-7-10-20-18(11-13)19(12-23)21(22-20)14(2)16-9-8-15-5-3-4-6-17(15)16;1-12(14-11-10-13-6-2-3-7-15(13)14)19-18(20(22)23)16-8-4-5-9-17(16)21-19;1-3-7-17-13(5-1)9-10-14(17)11-16-12-15-6-2-4-8-18(15)19-16/h1-8,12-13,15,21,23H,9-11H2;3-10,12-13,22H,11H2,1-2H3;3-7,9-12,14,22H,8H2,1-2H3;2-9,11-12,21H,10H2,1H3,(H,22,23);1-8,10,12,19H,9,11H2. The lowest BCUT2D eigenvalue weighted by molar-refractivity contribution is 0.0600. The van der Waals surface area contributed by atoms with Crippen LogP contribution in [0.4, 0.5) is 0 Å². The molecular formula is C102H89N5O6. The first kappa shape index (κ1) is 72.7. The highest BCUT2D eigenvalue weighted by atomic mass is 16.5. The summed E-state index contributed by atoms with van der Waals surface area (Å²) < 4.78 is 5.05. The van der Waals surface area contributed by atoms with Crippen molar-refractivity contribution in [2.45, 2.75) is 103 Å². The van der Waals surface area contributed by atoms with E-state index in [-0.39, 0.29) is 23.7 Å². The number of nitrogens with one attached hydrogen (secondary N) is 5. The van der Waals surface area contributed by atoms with Gasteiger partial charge in [0.1, 0.15) is 0 Å². The second-order valence-corrected chi connectivity index (χ2v) is 30.7. The van der Waals surface area contributed by atoms with E-state index in [4.69, 9.17) is 4.74 Å². The molecule has 11 nitrogen and oxygen atoms in total. The van der Waals surface area contributed by atoms with Crippen LogP contribution in [0.15, 0.2) is 273 Å². The highest BCUT2D eigenvalue weighted by molar-refractivity contribution is 6.08. The summed E-state index contributed by atoms with van der Waals surface area (Å²) in [4.78, 5) is 65.2. The Morgan fingerprint density at radius 2 is 0.796 bits per heavy atom. The minimum absolute atomic E-state index is 0.0112. The third-order valence-corrected chi connectivity index (χ3v) is 23.9. The van der Waals surface area contributed by atoms with Crippen molar-refractivity contribution in [2.24, 2.45) is 5.92 Å². The molecule has 0 bridgehead atoms. The fourth-order valence-corrected chi connectivity index (χ4v) is 18.2. The van der Waals surface area contributed by atoms with E-state index in [0.717, 1.165) is 129 Å². The monoisotopic (exact) mass is 1480 g/mol. The highest BCUT2D eigenvalue weighted by Crippen LogP contribution is 2.53. The van der Waals surface area contributed by atoms with Gasteiger partial charge < -0.3 is 34.8 Å². The van der Waals surface area contributed by atoms with Gasteiger partial charge in [-0.05, 0) is 189 Å². The van der Waals surface area contributed by atoms with Crippen LogP contribution < -0.4 is 0 Å². The molecule has 6 N–H and O–H groups in total. The van der Waals surface area contributed by atoms with Crippen LogP contribution in [-0.2, 0) is 43.3 Å². The summed E-state index contributed by atoms with van der Waals surface area (Å²) in [6.45, 7) is 8.45. The lowest BCUT2D eigenvalue weighted by atomic mass is 9.85. The lowest BCUT2D eigenvalue weighted by Gasteiger charge is -2.19. The number of allylic oxidation sites excluding steroid dienone is 10. The zero-order valence-electron chi connectivity index (χ0n) is 64.2. The number of hydrogen-bond donors (Lipinski definition) is 6. The smallest absolute Gasteiger partial charge is 0.340 e. The maximum Gasteiger partial charge on any atom is 0.340 e. The molecule has 11 heteroatoms. The molecule has 0 radical (unpaired) electrons. The molecule has 21 rings (SSSR count). The third-order valence-electron chi connectivity index (χ3n) is 23.9. The van der Waals surface area contributed by atoms with Crippen molar-refractivity contribution in [3.05, 3.63) is 385 Å². The Labute approximate surface area is 657 Å². The Bertz CT molecular complexity index is 6370. The van der Waals surface area contributed by atoms with E-state index < -0.39 is 5.97 Å². The van der Waals surface area contributed by atoms with Crippen LogP contribution in [0, 0.1) is 12.8 Å². The molecule has 0 saturated heterocycles. The maximum absolute atomic E-state index is 12.4. The number of aromatic amines is 5. The summed E-state index contributed by atoms with van der Waals surface area (Å²) in [5, 5.41) is 14.7. The first-order valence-corrected chi connectivity index (χ1v) is 39.5. The van der Waals surface area contributed by atoms with E-state index in [1.165, 1.54) is 126 Å². The van der Waals surface area contributed by atoms with E-state index in [2.05, 4.69) is 247 Å². The number of methoxy groups -OCH3 is 1. The summed E-state index contributed by atoms with van der Waals surface area (Å²) in [6.07, 6.45) is 21.9. The van der Waals surface area contributed by atoms with Gasteiger partial charge in [-0.25, -0.2) is 9.59 Å². The molecular weight excluding hydrogens is 1390 g/mol. The number of aldehydes is 2. The minimum atomic E-state index is -0.879. The van der Waals surface area contributed by atoms with Gasteiger partial charge in [-0.1, -0.05) is 257 Å². The zero-order chi connectivity index (χ0) is 77.4. The van der Waals surface area contributed by atoms with Crippen molar-refractivity contribution in [2.75, 3.05) is 7.11 Å². The van der Waals surface area contributed by atoms with Crippen molar-refractivity contribution >= 4 is 107 Å². The van der Waals surface area contributed by atoms with Crippen molar-refractivity contribution in [3.8, 4) is 0 Å². The average molecular weight is 1480 g/mol. The van der Waals surface area contributed by atoms with E-state index in [1.807, 2.05) is 78.9 Å². The summed E-state index contributed by atoms with van der Waals surface area (Å²) in [5.74, 6) is 0.0617. The Balaban J connectivity index is 0.000000102. The number of hydrogen-bond acceptors (Lipinski definition) is 5. The second-order valence-electron chi connectivity index (χ2n) is 30.7. The van der Waals surface area contributed by atoms with Gasteiger partial charge in [-0.15, -0.1) is 0 Å². The van der Waals surface area contributed by atoms with Gasteiger partial charge in [-0.3, -0.25) is 9.59 Å². The van der Waals surface area contributed by atoms with E-state index in [0.29, 0.717) is 23.0 Å². The van der Waals surface area contributed by atoms with Crippen LogP contribution in [0.3, 0.4) is 0 Å². The molecule has 5 aromatic heterocycles. The molecule has 558 valence electrons. The number of benzene rings is 10. The van der Waals surface area contributed by atoms with Gasteiger partial charge in [0.15, 0.2) is 12.6 Å². The van der Waals surface area contributed by atoms with Crippen LogP contribution in [0.2, 0.25) is 0 Å². The molecule has 15 aromatic rings. The van der Waals surface area contributed by atoms with Gasteiger partial charge >= 0.3 is 11.9 Å². The molecule has 5 heterocycles. The fraction of sp³-hybridized carbons (Fsp3) is 0.176. The SMILES string of the molecule is C1=C(Cc2cc3ccccc3[nH]2)c2ccccc2C1.CC(C1=CCc2ccccc21)c1[nH]c2ccccc2c1C(=O)O.COC(=O)c1c(C(C)C2=CCc3ccccc32)[nH]c2ccccc12.Cc1ccc2[nH]c(C(C)C3=CCc4ccccc43)c(C=O)c2c1.O=Cc1c(C(C2=CCc3ccccc32)C2CC2)[nH]c2ccccc12. The van der Waals surface area contributed by atoms with E-state index >= 15 is 0 Å². The van der Waals surface area contributed by atoms with Crippen LogP contribution in [0.5, 0.6) is 0 Å². The van der Waals surface area contributed by atoms with Gasteiger partial charge in [0.25, 0.3) is 0 Å². The fourth-order valence-electron chi connectivity index (χ4n) is 18.2. The summed E-state index contributed by atoms with van der Waals surface area (Å²) in [6, 6.07) is 83.2. The molecule has 6 aliphatic carbocycles. The van der Waals surface area contributed by atoms with E-state index in [9.17, 15) is 24.3 Å². The summed E-state index contributed by atoms with van der Waals surface area (Å²) >= 11 is 0. The zero-order valence-corrected chi connectivity index (χ0v) is 64.2. The van der Waals surface area contributed by atoms with Crippen LogP contribution in [0.25, 0.3) is 82.4 Å². The van der Waals surface area contributed by atoms with Crippen molar-refractivity contribution in [1.29, 1.82) is 0 Å². The average Bonchev–Trinajstić information content (AvgIpc) is 1.62. The molecule has 1 fully saturated rings. The van der Waals surface area contributed by atoms with Crippen LogP contribution in [0.1, 0.15) is 188 Å². The number of carbonyl (C=O) groups excluding carboxylic acids is 3. The van der Waals surface area contributed by atoms with Crippen LogP contribution >= 0.6 is 0 Å². The van der Waals surface area contributed by atoms with Gasteiger partial charge in [-0.2, -0.15) is 0 Å². The van der Waals surface area contributed by atoms with Crippen molar-refractivity contribution in [1.82, 2.24) is 24.9 Å². The summed E-state index contributed by atoms with van der Waals surface area (Å²) in [5.41, 5.74) is 34.2. The molecule has 6 aliphatic rings. The van der Waals surface area contributed by atoms with Gasteiger partial charge in [0, 0.05) is 119 Å². The predicted octanol–water partition coefficient (Wildman–Crippen LogP) is 23.8. The first-order valence-electron chi connectivity index (χ1n) is 39.5. The number of fused-ring (bicyclic) bond motifs is 10. The largest absolute Gasteiger partial charge is 0.478 e. The number of rotatable bonds is 15. The van der Waals surface area contributed by atoms with Crippen molar-refractivity contribution < 1.29 is 29.0 Å². The van der Waals surface area contributed by atoms with Crippen LogP contribution in [-0.4, -0.2) is 61.6 Å². The number of carboxylic acid groups (broad SMARTS) is 1. The number of aromatic carboxylic acids is 1. The maximum atomic E-state index is 12.4. The quantitative estimate of drug-likeness (QED) is 0.0440. The number of carboxylic acids is 1. The second kappa shape index (κ2) is 31.3. The third kappa shape index (κ3) is 14.1. The minimum Gasteiger partial charge on any atom is -0.478 e. The Morgan fingerprint density at radius 3 is 1.31 bits per heavy atom. The number of carbonyl (C=O) groups is 4. The number of ether oxygens (including phenoxy) is 1. The van der Waals surface area contributed by atoms with E-state index in [1.54, 1.807) is 0 Å². The topological polar surface area (TPSA) is 177 Å². The molecule has 0 aliphatic heterocycles. The number of esters is 1. The molecule has 0 spiro atoms.